The van der Waals surface area contributed by atoms with Crippen molar-refractivity contribution >= 4 is 27.9 Å². The summed E-state index contributed by atoms with van der Waals surface area (Å²) in [6.45, 7) is 1.95. The van der Waals surface area contributed by atoms with Gasteiger partial charge >= 0.3 is 6.03 Å². The first kappa shape index (κ1) is 21.3. The summed E-state index contributed by atoms with van der Waals surface area (Å²) < 4.78 is 37.5. The molecule has 0 bridgehead atoms. The van der Waals surface area contributed by atoms with E-state index in [4.69, 9.17) is 9.47 Å². The standard InChI is InChI=1S/C22H21N3O7S/c1-22(14-7-8-16-17(13-14)32-12-4-11-31-16)20(27)24(21(28)23-22)9-10-25-19(26)15-5-2-3-6-18(15)33(25,29)30/h2-3,5-8,13H,4,9-12H2,1H3,(H,23,28). The third kappa shape index (κ3) is 3.22. The zero-order chi connectivity index (χ0) is 23.4. The number of sulfonamides is 1. The quantitative estimate of drug-likeness (QED) is 0.670. The highest BCUT2D eigenvalue weighted by atomic mass is 32.2. The second-order valence-corrected chi connectivity index (χ2v) is 9.93. The molecule has 2 aromatic rings. The fourth-order valence-corrected chi connectivity index (χ4v) is 5.77. The van der Waals surface area contributed by atoms with E-state index in [9.17, 15) is 22.8 Å². The number of urea groups is 1. The molecular formula is C22H21N3O7S. The van der Waals surface area contributed by atoms with Crippen LogP contribution in [0.3, 0.4) is 0 Å². The van der Waals surface area contributed by atoms with Crippen molar-refractivity contribution in [1.29, 1.82) is 0 Å². The molecule has 1 atom stereocenters. The predicted molar refractivity (Wildman–Crippen MR) is 114 cm³/mol. The summed E-state index contributed by atoms with van der Waals surface area (Å²) in [4.78, 5) is 39.4. The monoisotopic (exact) mass is 471 g/mol. The predicted octanol–water partition coefficient (Wildman–Crippen LogP) is 1.46. The van der Waals surface area contributed by atoms with Crippen LogP contribution in [-0.4, -0.2) is 61.8 Å². The Hall–Kier alpha value is -3.60. The Kier molecular flexibility index (Phi) is 4.82. The van der Waals surface area contributed by atoms with Crippen LogP contribution in [0.2, 0.25) is 0 Å². The van der Waals surface area contributed by atoms with E-state index < -0.39 is 33.4 Å². The van der Waals surface area contributed by atoms with Gasteiger partial charge in [0.05, 0.1) is 25.3 Å². The largest absolute Gasteiger partial charge is 0.490 e. The molecule has 5 rings (SSSR count). The van der Waals surface area contributed by atoms with E-state index >= 15 is 0 Å². The molecule has 2 aromatic carbocycles. The lowest BCUT2D eigenvalue weighted by molar-refractivity contribution is -0.131. The first-order valence-electron chi connectivity index (χ1n) is 10.4. The Balaban J connectivity index is 1.37. The number of rotatable bonds is 4. The van der Waals surface area contributed by atoms with Crippen LogP contribution >= 0.6 is 0 Å². The molecule has 0 aromatic heterocycles. The molecule has 3 heterocycles. The lowest BCUT2D eigenvalue weighted by atomic mass is 9.91. The Morgan fingerprint density at radius 3 is 2.48 bits per heavy atom. The maximum atomic E-state index is 13.3. The van der Waals surface area contributed by atoms with E-state index in [1.807, 2.05) is 0 Å². The molecule has 1 fully saturated rings. The van der Waals surface area contributed by atoms with Crippen molar-refractivity contribution in [3.63, 3.8) is 0 Å². The maximum absolute atomic E-state index is 13.3. The molecule has 1 unspecified atom stereocenters. The number of imide groups is 1. The highest BCUT2D eigenvalue weighted by Crippen LogP contribution is 2.37. The van der Waals surface area contributed by atoms with Gasteiger partial charge in [-0.2, -0.15) is 0 Å². The molecule has 1 saturated heterocycles. The van der Waals surface area contributed by atoms with E-state index in [1.54, 1.807) is 31.2 Å². The van der Waals surface area contributed by atoms with Crippen LogP contribution in [0, 0.1) is 0 Å². The lowest BCUT2D eigenvalue weighted by Crippen LogP contribution is -2.43. The second kappa shape index (κ2) is 7.48. The fraction of sp³-hybridized carbons (Fsp3) is 0.318. The summed E-state index contributed by atoms with van der Waals surface area (Å²) >= 11 is 0. The minimum absolute atomic E-state index is 0.0757. The molecule has 0 spiro atoms. The number of ether oxygens (including phenoxy) is 2. The van der Waals surface area contributed by atoms with Crippen LogP contribution in [0.1, 0.15) is 29.3 Å². The summed E-state index contributed by atoms with van der Waals surface area (Å²) in [6, 6.07) is 10.3. The number of nitrogens with one attached hydrogen (secondary N) is 1. The highest BCUT2D eigenvalue weighted by molar-refractivity contribution is 7.90. The molecule has 4 amide bonds. The van der Waals surface area contributed by atoms with Gasteiger partial charge in [0.15, 0.2) is 11.5 Å². The highest BCUT2D eigenvalue weighted by Gasteiger charge is 2.50. The van der Waals surface area contributed by atoms with Crippen LogP contribution in [0.5, 0.6) is 11.5 Å². The van der Waals surface area contributed by atoms with Crippen molar-refractivity contribution in [2.75, 3.05) is 26.3 Å². The van der Waals surface area contributed by atoms with Crippen molar-refractivity contribution in [2.45, 2.75) is 23.8 Å². The average Bonchev–Trinajstić information content (AvgIpc) is 3.02. The van der Waals surface area contributed by atoms with Gasteiger partial charge in [-0.25, -0.2) is 17.5 Å². The van der Waals surface area contributed by atoms with E-state index in [0.29, 0.717) is 34.6 Å². The van der Waals surface area contributed by atoms with Crippen molar-refractivity contribution in [3.05, 3.63) is 53.6 Å². The normalized spacial score (nSPS) is 23.4. The second-order valence-electron chi connectivity index (χ2n) is 8.10. The number of amides is 4. The van der Waals surface area contributed by atoms with Crippen LogP contribution < -0.4 is 14.8 Å². The summed E-state index contributed by atoms with van der Waals surface area (Å²) in [5, 5.41) is 2.68. The van der Waals surface area contributed by atoms with E-state index in [0.717, 1.165) is 11.3 Å². The third-order valence-electron chi connectivity index (χ3n) is 6.04. The van der Waals surface area contributed by atoms with Gasteiger partial charge in [-0.3, -0.25) is 14.5 Å². The number of hydrogen-bond donors (Lipinski definition) is 1. The molecule has 3 aliphatic rings. The Morgan fingerprint density at radius 2 is 1.73 bits per heavy atom. The van der Waals surface area contributed by atoms with Gasteiger partial charge in [0, 0.05) is 13.0 Å². The number of carbonyl (C=O) groups excluding carboxylic acids is 3. The first-order valence-corrected chi connectivity index (χ1v) is 11.9. The minimum atomic E-state index is -4.03. The van der Waals surface area contributed by atoms with Gasteiger partial charge in [-0.1, -0.05) is 18.2 Å². The zero-order valence-corrected chi connectivity index (χ0v) is 18.6. The summed E-state index contributed by atoms with van der Waals surface area (Å²) in [7, 11) is -4.03. The van der Waals surface area contributed by atoms with Crippen molar-refractivity contribution in [2.24, 2.45) is 0 Å². The van der Waals surface area contributed by atoms with Crippen LogP contribution in [-0.2, 0) is 20.4 Å². The molecule has 0 aliphatic carbocycles. The van der Waals surface area contributed by atoms with Gasteiger partial charge in [0.1, 0.15) is 10.4 Å². The van der Waals surface area contributed by atoms with E-state index in [-0.39, 0.29) is 23.5 Å². The number of carbonyl (C=O) groups is 3. The number of nitrogens with zero attached hydrogens (tertiary/aromatic N) is 2. The number of hydrogen-bond acceptors (Lipinski definition) is 7. The number of benzene rings is 2. The topological polar surface area (TPSA) is 122 Å². The molecule has 10 nitrogen and oxygen atoms in total. The van der Waals surface area contributed by atoms with E-state index in [1.165, 1.54) is 18.2 Å². The molecule has 0 radical (unpaired) electrons. The molecule has 3 aliphatic heterocycles. The molecule has 172 valence electrons. The van der Waals surface area contributed by atoms with Gasteiger partial charge in [0.2, 0.25) is 0 Å². The van der Waals surface area contributed by atoms with Crippen LogP contribution in [0.25, 0.3) is 0 Å². The van der Waals surface area contributed by atoms with Gasteiger partial charge in [-0.15, -0.1) is 0 Å². The Bertz CT molecular complexity index is 1290. The molecule has 0 saturated carbocycles. The van der Waals surface area contributed by atoms with Crippen LogP contribution in [0.4, 0.5) is 4.79 Å². The van der Waals surface area contributed by atoms with Crippen LogP contribution in [0.15, 0.2) is 47.4 Å². The van der Waals surface area contributed by atoms with Gasteiger partial charge in [0.25, 0.3) is 21.8 Å². The molecule has 33 heavy (non-hydrogen) atoms. The maximum Gasteiger partial charge on any atom is 0.325 e. The average molecular weight is 471 g/mol. The lowest BCUT2D eigenvalue weighted by Gasteiger charge is -2.24. The van der Waals surface area contributed by atoms with Crippen molar-refractivity contribution in [1.82, 2.24) is 14.5 Å². The minimum Gasteiger partial charge on any atom is -0.490 e. The van der Waals surface area contributed by atoms with Gasteiger partial charge < -0.3 is 14.8 Å². The number of fused-ring (bicyclic) bond motifs is 2. The Labute approximate surface area is 190 Å². The molecular weight excluding hydrogens is 450 g/mol. The summed E-state index contributed by atoms with van der Waals surface area (Å²) in [5.74, 6) is -0.184. The SMILES string of the molecule is CC1(c2ccc3c(c2)OCCCO3)NC(=O)N(CCN2C(=O)c3ccccc3S2(=O)=O)C1=O. The smallest absolute Gasteiger partial charge is 0.325 e. The van der Waals surface area contributed by atoms with Crippen molar-refractivity contribution < 1.29 is 32.3 Å². The first-order chi connectivity index (χ1) is 15.7. The van der Waals surface area contributed by atoms with E-state index in [2.05, 4.69) is 5.32 Å². The molecule has 1 N–H and O–H groups in total. The zero-order valence-electron chi connectivity index (χ0n) is 17.7. The third-order valence-corrected chi connectivity index (χ3v) is 7.88. The Morgan fingerprint density at radius 1 is 1.00 bits per heavy atom. The fourth-order valence-electron chi connectivity index (χ4n) is 4.21. The molecule has 11 heteroatoms. The summed E-state index contributed by atoms with van der Waals surface area (Å²) in [6.07, 6.45) is 0.729. The van der Waals surface area contributed by atoms with Gasteiger partial charge in [-0.05, 0) is 36.8 Å². The van der Waals surface area contributed by atoms with Crippen molar-refractivity contribution in [3.8, 4) is 11.5 Å². The summed E-state index contributed by atoms with van der Waals surface area (Å²) in [5.41, 5.74) is -0.796.